The van der Waals surface area contributed by atoms with Crippen molar-refractivity contribution in [2.75, 3.05) is 25.6 Å². The monoisotopic (exact) mass is 295 g/mol. The Bertz CT molecular complexity index is 490. The molecule has 1 saturated heterocycles. The fourth-order valence-electron chi connectivity index (χ4n) is 3.13. The maximum Gasteiger partial charge on any atom is 0.322 e. The van der Waals surface area contributed by atoms with Gasteiger partial charge in [-0.1, -0.05) is 13.3 Å². The topological polar surface area (TPSA) is 54.5 Å². The van der Waals surface area contributed by atoms with Crippen LogP contribution >= 0.6 is 0 Å². The number of urea groups is 1. The number of aromatic nitrogens is 1. The molecule has 0 saturated carbocycles. The molecule has 0 spiro atoms. The lowest BCUT2D eigenvalue weighted by molar-refractivity contribution is 0.0540. The molecule has 0 radical (unpaired) electrons. The molecule has 116 valence electrons. The first-order valence-electron chi connectivity index (χ1n) is 7.30. The van der Waals surface area contributed by atoms with Gasteiger partial charge in [-0.3, -0.25) is 4.98 Å². The van der Waals surface area contributed by atoms with Crippen LogP contribution in [-0.4, -0.2) is 41.7 Å². The lowest BCUT2D eigenvalue weighted by Crippen LogP contribution is -2.52. The van der Waals surface area contributed by atoms with Crippen LogP contribution in [0.15, 0.2) is 18.5 Å². The second kappa shape index (κ2) is 6.85. The molecule has 0 aromatic carbocycles. The van der Waals surface area contributed by atoms with E-state index in [1.807, 2.05) is 0 Å². The summed E-state index contributed by atoms with van der Waals surface area (Å²) in [4.78, 5) is 18.0. The van der Waals surface area contributed by atoms with E-state index in [2.05, 4.69) is 17.2 Å². The van der Waals surface area contributed by atoms with E-state index in [4.69, 9.17) is 4.74 Å². The van der Waals surface area contributed by atoms with E-state index in [0.717, 1.165) is 31.9 Å². The van der Waals surface area contributed by atoms with Gasteiger partial charge in [-0.25, -0.2) is 9.18 Å². The number of rotatable bonds is 5. The molecule has 2 amide bonds. The number of methoxy groups -OCH3 is 1. The molecule has 2 heterocycles. The van der Waals surface area contributed by atoms with Crippen molar-refractivity contribution in [3.63, 3.8) is 0 Å². The minimum Gasteiger partial charge on any atom is -0.382 e. The lowest BCUT2D eigenvalue weighted by atomic mass is 9.91. The number of halogens is 1. The first kappa shape index (κ1) is 15.7. The van der Waals surface area contributed by atoms with Crippen LogP contribution < -0.4 is 5.32 Å². The lowest BCUT2D eigenvalue weighted by Gasteiger charge is -2.38. The molecule has 21 heavy (non-hydrogen) atoms. The van der Waals surface area contributed by atoms with Gasteiger partial charge in [0, 0.05) is 19.9 Å². The average molecular weight is 295 g/mol. The molecule has 0 unspecified atom stereocenters. The number of hydrogen-bond acceptors (Lipinski definition) is 3. The van der Waals surface area contributed by atoms with Crippen LogP contribution in [0, 0.1) is 5.82 Å². The van der Waals surface area contributed by atoms with Gasteiger partial charge in [0.2, 0.25) is 0 Å². The first-order valence-corrected chi connectivity index (χ1v) is 7.30. The van der Waals surface area contributed by atoms with E-state index >= 15 is 0 Å². The van der Waals surface area contributed by atoms with Crippen molar-refractivity contribution < 1.29 is 13.9 Å². The van der Waals surface area contributed by atoms with Crippen LogP contribution in [0.5, 0.6) is 0 Å². The normalized spacial score (nSPS) is 21.6. The molecule has 1 fully saturated rings. The van der Waals surface area contributed by atoms with Gasteiger partial charge in [-0.15, -0.1) is 0 Å². The first-order chi connectivity index (χ1) is 10.1. The van der Waals surface area contributed by atoms with Gasteiger partial charge in [0.15, 0.2) is 5.82 Å². The molecule has 2 rings (SSSR count). The van der Waals surface area contributed by atoms with Crippen molar-refractivity contribution in [2.24, 2.45) is 0 Å². The maximum atomic E-state index is 13.6. The summed E-state index contributed by atoms with van der Waals surface area (Å²) >= 11 is 0. The second-order valence-electron chi connectivity index (χ2n) is 5.45. The number of pyridine rings is 1. The number of carbonyl (C=O) groups excluding carboxylic acids is 1. The SMILES string of the molecule is CCC[C@]1(COC)CCCN1C(=O)Nc1ccncc1F. The third-order valence-corrected chi connectivity index (χ3v) is 3.98. The highest BCUT2D eigenvalue weighted by atomic mass is 19.1. The van der Waals surface area contributed by atoms with Gasteiger partial charge in [0.05, 0.1) is 24.0 Å². The summed E-state index contributed by atoms with van der Waals surface area (Å²) in [5.41, 5.74) is -0.124. The van der Waals surface area contributed by atoms with E-state index in [0.29, 0.717) is 13.2 Å². The molecule has 1 aromatic rings. The minimum atomic E-state index is -0.530. The van der Waals surface area contributed by atoms with E-state index in [1.165, 1.54) is 12.3 Å². The van der Waals surface area contributed by atoms with Crippen LogP contribution in [0.4, 0.5) is 14.9 Å². The largest absolute Gasteiger partial charge is 0.382 e. The highest BCUT2D eigenvalue weighted by Crippen LogP contribution is 2.34. The zero-order valence-electron chi connectivity index (χ0n) is 12.6. The van der Waals surface area contributed by atoms with Crippen LogP contribution in [0.1, 0.15) is 32.6 Å². The standard InChI is InChI=1S/C15H22FN3O2/c1-3-6-15(11-21-2)7-4-9-19(15)14(20)18-13-5-8-17-10-12(13)16/h5,8,10H,3-4,6-7,9,11H2,1-2H3,(H,17,18,20)/t15-/m1/s1. The fourth-order valence-corrected chi connectivity index (χ4v) is 3.13. The molecular formula is C15H22FN3O2. The van der Waals surface area contributed by atoms with Crippen LogP contribution in [0.25, 0.3) is 0 Å². The van der Waals surface area contributed by atoms with E-state index in [1.54, 1.807) is 12.0 Å². The summed E-state index contributed by atoms with van der Waals surface area (Å²) in [5, 5.41) is 2.64. The molecule has 1 N–H and O–H groups in total. The van der Waals surface area contributed by atoms with Crippen LogP contribution in [-0.2, 0) is 4.74 Å². The summed E-state index contributed by atoms with van der Waals surface area (Å²) in [6, 6.07) is 1.18. The molecule has 1 aromatic heterocycles. The molecule has 1 aliphatic rings. The average Bonchev–Trinajstić information content (AvgIpc) is 2.86. The second-order valence-corrected chi connectivity index (χ2v) is 5.45. The summed E-state index contributed by atoms with van der Waals surface area (Å²) in [6.45, 7) is 3.27. The molecule has 5 nitrogen and oxygen atoms in total. The Hall–Kier alpha value is -1.69. The van der Waals surface area contributed by atoms with Crippen LogP contribution in [0.2, 0.25) is 0 Å². The number of carbonyl (C=O) groups is 1. The summed E-state index contributed by atoms with van der Waals surface area (Å²) < 4.78 is 18.9. The van der Waals surface area contributed by atoms with Gasteiger partial charge in [0.1, 0.15) is 0 Å². The highest BCUT2D eigenvalue weighted by molar-refractivity contribution is 5.90. The number of nitrogens with one attached hydrogen (secondary N) is 1. The van der Waals surface area contributed by atoms with Crippen molar-refractivity contribution in [2.45, 2.75) is 38.1 Å². The van der Waals surface area contributed by atoms with E-state index in [-0.39, 0.29) is 17.3 Å². The van der Waals surface area contributed by atoms with E-state index < -0.39 is 5.82 Å². The zero-order valence-corrected chi connectivity index (χ0v) is 12.6. The number of hydrogen-bond donors (Lipinski definition) is 1. The van der Waals surface area contributed by atoms with Crippen molar-refractivity contribution in [3.8, 4) is 0 Å². The number of nitrogens with zero attached hydrogens (tertiary/aromatic N) is 2. The quantitative estimate of drug-likeness (QED) is 0.908. The minimum absolute atomic E-state index is 0.157. The third kappa shape index (κ3) is 3.32. The number of amides is 2. The smallest absolute Gasteiger partial charge is 0.322 e. The summed E-state index contributed by atoms with van der Waals surface area (Å²) in [7, 11) is 1.65. The molecular weight excluding hydrogens is 273 g/mol. The predicted molar refractivity (Wildman–Crippen MR) is 78.7 cm³/mol. The van der Waals surface area contributed by atoms with Gasteiger partial charge >= 0.3 is 6.03 Å². The Kier molecular flexibility index (Phi) is 5.12. The molecule has 1 aliphatic heterocycles. The van der Waals surface area contributed by atoms with Gasteiger partial charge in [0.25, 0.3) is 0 Å². The molecule has 0 bridgehead atoms. The predicted octanol–water partition coefficient (Wildman–Crippen LogP) is 3.03. The Morgan fingerprint density at radius 3 is 3.10 bits per heavy atom. The van der Waals surface area contributed by atoms with Crippen LogP contribution in [0.3, 0.4) is 0 Å². The fraction of sp³-hybridized carbons (Fsp3) is 0.600. The van der Waals surface area contributed by atoms with Crippen molar-refractivity contribution >= 4 is 11.7 Å². The Balaban J connectivity index is 2.15. The van der Waals surface area contributed by atoms with Crippen molar-refractivity contribution in [1.29, 1.82) is 0 Å². The molecule has 0 aliphatic carbocycles. The van der Waals surface area contributed by atoms with E-state index in [9.17, 15) is 9.18 Å². The third-order valence-electron chi connectivity index (χ3n) is 3.98. The number of ether oxygens (including phenoxy) is 1. The van der Waals surface area contributed by atoms with Gasteiger partial charge in [-0.05, 0) is 25.3 Å². The molecule has 6 heteroatoms. The Morgan fingerprint density at radius 1 is 1.62 bits per heavy atom. The van der Waals surface area contributed by atoms with Gasteiger partial charge in [-0.2, -0.15) is 0 Å². The summed E-state index contributed by atoms with van der Waals surface area (Å²) in [6.07, 6.45) is 6.26. The highest BCUT2D eigenvalue weighted by Gasteiger charge is 2.43. The zero-order chi connectivity index (χ0) is 15.3. The van der Waals surface area contributed by atoms with Crippen molar-refractivity contribution in [3.05, 3.63) is 24.3 Å². The van der Waals surface area contributed by atoms with Crippen molar-refractivity contribution in [1.82, 2.24) is 9.88 Å². The summed E-state index contributed by atoms with van der Waals surface area (Å²) in [5.74, 6) is -0.530. The Labute approximate surface area is 124 Å². The Morgan fingerprint density at radius 2 is 2.43 bits per heavy atom. The number of anilines is 1. The number of likely N-dealkylation sites (tertiary alicyclic amines) is 1. The van der Waals surface area contributed by atoms with Gasteiger partial charge < -0.3 is 15.0 Å². The molecule has 1 atom stereocenters. The maximum absolute atomic E-state index is 13.6.